The molecule has 0 aliphatic heterocycles. The van der Waals surface area contributed by atoms with E-state index in [0.29, 0.717) is 24.1 Å². The van der Waals surface area contributed by atoms with Crippen LogP contribution in [0.25, 0.3) is 0 Å². The molecule has 0 unspecified atom stereocenters. The highest BCUT2D eigenvalue weighted by molar-refractivity contribution is 14.0. The number of halogens is 4. The molecular formula is C18H30F3IN4. The van der Waals surface area contributed by atoms with Crippen LogP contribution in [0, 0.1) is 0 Å². The van der Waals surface area contributed by atoms with Crippen LogP contribution in [0.5, 0.6) is 0 Å². The van der Waals surface area contributed by atoms with Crippen molar-refractivity contribution in [2.45, 2.75) is 45.5 Å². The molecule has 0 atom stereocenters. The van der Waals surface area contributed by atoms with E-state index in [4.69, 9.17) is 0 Å². The fourth-order valence-corrected chi connectivity index (χ4v) is 2.22. The summed E-state index contributed by atoms with van der Waals surface area (Å²) in [5, 5.41) is 6.23. The summed E-state index contributed by atoms with van der Waals surface area (Å²) in [6, 6.07) is 5.85. The molecule has 0 saturated heterocycles. The maximum absolute atomic E-state index is 12.7. The minimum atomic E-state index is -4.32. The average Bonchev–Trinajstić information content (AvgIpc) is 2.56. The maximum Gasteiger partial charge on any atom is 0.416 e. The van der Waals surface area contributed by atoms with E-state index in [-0.39, 0.29) is 24.0 Å². The van der Waals surface area contributed by atoms with Crippen LogP contribution in [-0.2, 0) is 12.7 Å². The molecule has 0 aliphatic rings. The quantitative estimate of drug-likeness (QED) is 0.252. The standard InChI is InChI=1S/C18H29F3N4.HI/c1-14(2)25(4)11-6-5-10-23-17(22-3)24-13-15-8-7-9-16(12-15)18(19,20)21;/h7-9,12,14H,5-6,10-11,13H2,1-4H3,(H2,22,23,24);1H. The van der Waals surface area contributed by atoms with Gasteiger partial charge in [0, 0.05) is 26.2 Å². The smallest absolute Gasteiger partial charge is 0.356 e. The molecule has 2 N–H and O–H groups in total. The number of guanidine groups is 1. The fourth-order valence-electron chi connectivity index (χ4n) is 2.22. The highest BCUT2D eigenvalue weighted by Gasteiger charge is 2.30. The molecular weight excluding hydrogens is 456 g/mol. The Bertz CT molecular complexity index is 547. The molecule has 0 spiro atoms. The number of benzene rings is 1. The average molecular weight is 486 g/mol. The highest BCUT2D eigenvalue weighted by atomic mass is 127. The Hall–Kier alpha value is -1.03. The summed E-state index contributed by atoms with van der Waals surface area (Å²) in [4.78, 5) is 6.39. The Morgan fingerprint density at radius 1 is 1.19 bits per heavy atom. The van der Waals surface area contributed by atoms with E-state index in [1.54, 1.807) is 13.1 Å². The third-order valence-corrected chi connectivity index (χ3v) is 4.05. The van der Waals surface area contributed by atoms with Gasteiger partial charge in [-0.05, 0) is 58.0 Å². The first-order chi connectivity index (χ1) is 11.7. The topological polar surface area (TPSA) is 39.7 Å². The zero-order valence-corrected chi connectivity index (χ0v) is 18.2. The molecule has 26 heavy (non-hydrogen) atoms. The molecule has 0 aromatic heterocycles. The first kappa shape index (κ1) is 25.0. The zero-order valence-electron chi connectivity index (χ0n) is 15.9. The molecule has 1 rings (SSSR count). The summed E-state index contributed by atoms with van der Waals surface area (Å²) in [7, 11) is 3.75. The number of aliphatic imine (C=N–C) groups is 1. The van der Waals surface area contributed by atoms with Gasteiger partial charge in [0.15, 0.2) is 5.96 Å². The SMILES string of the molecule is CN=C(NCCCCN(C)C(C)C)NCc1cccc(C(F)(F)F)c1.I. The van der Waals surface area contributed by atoms with Crippen molar-refractivity contribution in [2.75, 3.05) is 27.2 Å². The molecule has 0 fully saturated rings. The van der Waals surface area contributed by atoms with Crippen LogP contribution < -0.4 is 10.6 Å². The summed E-state index contributed by atoms with van der Waals surface area (Å²) in [6.45, 7) is 6.43. The van der Waals surface area contributed by atoms with Crippen molar-refractivity contribution in [3.05, 3.63) is 35.4 Å². The predicted octanol–water partition coefficient (Wildman–Crippen LogP) is 4.11. The van der Waals surface area contributed by atoms with Crippen LogP contribution in [0.1, 0.15) is 37.8 Å². The lowest BCUT2D eigenvalue weighted by Gasteiger charge is -2.20. The van der Waals surface area contributed by atoms with E-state index < -0.39 is 11.7 Å². The van der Waals surface area contributed by atoms with Crippen LogP contribution in [0.2, 0.25) is 0 Å². The molecule has 0 aliphatic carbocycles. The van der Waals surface area contributed by atoms with E-state index in [1.807, 2.05) is 0 Å². The molecule has 4 nitrogen and oxygen atoms in total. The van der Waals surface area contributed by atoms with Crippen molar-refractivity contribution in [1.82, 2.24) is 15.5 Å². The fraction of sp³-hybridized carbons (Fsp3) is 0.611. The Morgan fingerprint density at radius 2 is 1.88 bits per heavy atom. The van der Waals surface area contributed by atoms with Gasteiger partial charge in [-0.1, -0.05) is 12.1 Å². The number of nitrogens with one attached hydrogen (secondary N) is 2. The highest BCUT2D eigenvalue weighted by Crippen LogP contribution is 2.29. The van der Waals surface area contributed by atoms with Gasteiger partial charge in [-0.25, -0.2) is 0 Å². The van der Waals surface area contributed by atoms with Crippen molar-refractivity contribution in [3.63, 3.8) is 0 Å². The van der Waals surface area contributed by atoms with Crippen LogP contribution in [0.3, 0.4) is 0 Å². The van der Waals surface area contributed by atoms with Crippen LogP contribution in [0.15, 0.2) is 29.3 Å². The first-order valence-corrected chi connectivity index (χ1v) is 8.55. The van der Waals surface area contributed by atoms with Crippen molar-refractivity contribution in [3.8, 4) is 0 Å². The minimum Gasteiger partial charge on any atom is -0.356 e. The van der Waals surface area contributed by atoms with E-state index in [9.17, 15) is 13.2 Å². The minimum absolute atomic E-state index is 0. The summed E-state index contributed by atoms with van der Waals surface area (Å²) >= 11 is 0. The molecule has 0 amide bonds. The van der Waals surface area contributed by atoms with Crippen LogP contribution in [-0.4, -0.2) is 44.1 Å². The number of nitrogens with zero attached hydrogens (tertiary/aromatic N) is 2. The molecule has 0 heterocycles. The largest absolute Gasteiger partial charge is 0.416 e. The number of rotatable bonds is 8. The Balaban J connectivity index is 0.00000625. The van der Waals surface area contributed by atoms with Crippen molar-refractivity contribution in [1.29, 1.82) is 0 Å². The lowest BCUT2D eigenvalue weighted by atomic mass is 10.1. The second kappa shape index (κ2) is 12.4. The Kier molecular flexibility index (Phi) is 11.9. The third-order valence-electron chi connectivity index (χ3n) is 4.05. The third kappa shape index (κ3) is 9.61. The van der Waals surface area contributed by atoms with E-state index in [0.717, 1.165) is 38.1 Å². The van der Waals surface area contributed by atoms with E-state index in [1.165, 1.54) is 6.07 Å². The number of hydrogen-bond acceptors (Lipinski definition) is 2. The summed E-state index contributed by atoms with van der Waals surface area (Å²) in [5.74, 6) is 0.592. The lowest BCUT2D eigenvalue weighted by Crippen LogP contribution is -2.37. The molecule has 1 aromatic rings. The molecule has 1 aromatic carbocycles. The van der Waals surface area contributed by atoms with Gasteiger partial charge in [-0.15, -0.1) is 24.0 Å². The Morgan fingerprint density at radius 3 is 2.46 bits per heavy atom. The van der Waals surface area contributed by atoms with Crippen LogP contribution in [0.4, 0.5) is 13.2 Å². The molecule has 8 heteroatoms. The molecule has 0 bridgehead atoms. The predicted molar refractivity (Wildman–Crippen MR) is 112 cm³/mol. The second-order valence-corrected chi connectivity index (χ2v) is 6.33. The maximum atomic E-state index is 12.7. The van der Waals surface area contributed by atoms with Crippen molar-refractivity contribution in [2.24, 2.45) is 4.99 Å². The molecule has 150 valence electrons. The van der Waals surface area contributed by atoms with Gasteiger partial charge >= 0.3 is 6.18 Å². The van der Waals surface area contributed by atoms with Gasteiger partial charge in [0.1, 0.15) is 0 Å². The van der Waals surface area contributed by atoms with Gasteiger partial charge in [-0.3, -0.25) is 4.99 Å². The molecule has 0 saturated carbocycles. The van der Waals surface area contributed by atoms with Gasteiger partial charge in [0.05, 0.1) is 5.56 Å². The number of hydrogen-bond donors (Lipinski definition) is 2. The summed E-state index contributed by atoms with van der Waals surface area (Å²) < 4.78 is 38.2. The Labute approximate surface area is 171 Å². The van der Waals surface area contributed by atoms with Gasteiger partial charge < -0.3 is 15.5 Å². The van der Waals surface area contributed by atoms with Crippen LogP contribution >= 0.6 is 24.0 Å². The number of alkyl halides is 3. The van der Waals surface area contributed by atoms with Crippen molar-refractivity contribution < 1.29 is 13.2 Å². The lowest BCUT2D eigenvalue weighted by molar-refractivity contribution is -0.137. The summed E-state index contributed by atoms with van der Waals surface area (Å²) in [5.41, 5.74) is -0.0691. The van der Waals surface area contributed by atoms with Crippen molar-refractivity contribution >= 4 is 29.9 Å². The molecule has 0 radical (unpaired) electrons. The van der Waals surface area contributed by atoms with E-state index in [2.05, 4.69) is 41.4 Å². The first-order valence-electron chi connectivity index (χ1n) is 8.55. The second-order valence-electron chi connectivity index (χ2n) is 6.33. The normalized spacial score (nSPS) is 12.3. The monoisotopic (exact) mass is 486 g/mol. The van der Waals surface area contributed by atoms with E-state index >= 15 is 0 Å². The summed E-state index contributed by atoms with van der Waals surface area (Å²) in [6.07, 6.45) is -2.24. The van der Waals surface area contributed by atoms with Gasteiger partial charge in [0.25, 0.3) is 0 Å². The van der Waals surface area contributed by atoms with Gasteiger partial charge in [-0.2, -0.15) is 13.2 Å². The zero-order chi connectivity index (χ0) is 18.9. The van der Waals surface area contributed by atoms with Gasteiger partial charge in [0.2, 0.25) is 0 Å². The number of unbranched alkanes of at least 4 members (excludes halogenated alkanes) is 1.